The van der Waals surface area contributed by atoms with Crippen molar-refractivity contribution in [2.45, 2.75) is 13.0 Å². The smallest absolute Gasteiger partial charge is 0.267 e. The lowest BCUT2D eigenvalue weighted by Gasteiger charge is -2.23. The number of thioether (sulfide) groups is 1. The Morgan fingerprint density at radius 1 is 0.974 bits per heavy atom. The van der Waals surface area contributed by atoms with Crippen LogP contribution in [-0.2, 0) is 14.4 Å². The van der Waals surface area contributed by atoms with E-state index in [-0.39, 0.29) is 29.0 Å². The van der Waals surface area contributed by atoms with Crippen molar-refractivity contribution in [3.8, 4) is 11.5 Å². The van der Waals surface area contributed by atoms with Crippen molar-refractivity contribution in [1.29, 1.82) is 0 Å². The molecule has 0 radical (unpaired) electrons. The molecule has 39 heavy (non-hydrogen) atoms. The highest BCUT2D eigenvalue weighted by atomic mass is 32.2. The number of nitrogens with one attached hydrogen (secondary N) is 1. The molecule has 3 amide bonds. The van der Waals surface area contributed by atoms with Crippen LogP contribution in [-0.4, -0.2) is 47.7 Å². The Kier molecular flexibility index (Phi) is 7.40. The van der Waals surface area contributed by atoms with Gasteiger partial charge in [0.25, 0.3) is 11.8 Å². The first kappa shape index (κ1) is 26.5. The first-order valence-corrected chi connectivity index (χ1v) is 13.3. The summed E-state index contributed by atoms with van der Waals surface area (Å²) in [4.78, 5) is 43.7. The van der Waals surface area contributed by atoms with Crippen LogP contribution in [0.25, 0.3) is 5.57 Å². The Balaban J connectivity index is 1.43. The maximum Gasteiger partial charge on any atom is 0.267 e. The number of thiocarbonyl (C=S) groups is 1. The summed E-state index contributed by atoms with van der Waals surface area (Å²) in [6.07, 6.45) is 0. The highest BCUT2D eigenvalue weighted by Crippen LogP contribution is 2.46. The third-order valence-corrected chi connectivity index (χ3v) is 8.00. The van der Waals surface area contributed by atoms with Crippen molar-refractivity contribution < 1.29 is 23.9 Å². The third-order valence-electron chi connectivity index (χ3n) is 6.60. The number of fused-ring (bicyclic) bond motifs is 1. The molecule has 0 spiro atoms. The van der Waals surface area contributed by atoms with Crippen molar-refractivity contribution in [3.05, 3.63) is 88.8 Å². The molecule has 8 nitrogen and oxygen atoms in total. The van der Waals surface area contributed by atoms with E-state index < -0.39 is 11.8 Å². The number of anilines is 2. The molecule has 3 aromatic carbocycles. The molecule has 2 heterocycles. The second-order valence-electron chi connectivity index (χ2n) is 8.86. The molecule has 3 aromatic rings. The molecule has 1 fully saturated rings. The zero-order valence-corrected chi connectivity index (χ0v) is 23.1. The molecular formula is C29H25N3O5S2. The van der Waals surface area contributed by atoms with Gasteiger partial charge in [0.05, 0.1) is 42.1 Å². The number of methoxy groups -OCH3 is 2. The van der Waals surface area contributed by atoms with Crippen LogP contribution in [0.5, 0.6) is 11.5 Å². The van der Waals surface area contributed by atoms with E-state index in [1.807, 2.05) is 37.3 Å². The van der Waals surface area contributed by atoms with Crippen LogP contribution in [0.1, 0.15) is 24.1 Å². The first-order valence-electron chi connectivity index (χ1n) is 12.1. The van der Waals surface area contributed by atoms with Crippen molar-refractivity contribution in [3.63, 3.8) is 0 Å². The average molecular weight is 560 g/mol. The molecule has 10 heteroatoms. The van der Waals surface area contributed by atoms with Gasteiger partial charge in [-0.25, -0.2) is 0 Å². The largest absolute Gasteiger partial charge is 0.497 e. The van der Waals surface area contributed by atoms with Gasteiger partial charge in [-0.1, -0.05) is 72.5 Å². The molecule has 2 aliphatic rings. The second kappa shape index (κ2) is 10.9. The molecule has 0 bridgehead atoms. The number of amides is 3. The highest BCUT2D eigenvalue weighted by molar-refractivity contribution is 8.26. The fraction of sp³-hybridized carbons (Fsp3) is 0.172. The van der Waals surface area contributed by atoms with Crippen LogP contribution >= 0.6 is 24.0 Å². The van der Waals surface area contributed by atoms with Gasteiger partial charge in [0.1, 0.15) is 22.4 Å². The zero-order chi connectivity index (χ0) is 27.7. The number of rotatable bonds is 7. The average Bonchev–Trinajstić information content (AvgIpc) is 3.39. The Hall–Kier alpha value is -4.15. The maximum absolute atomic E-state index is 13.8. The monoisotopic (exact) mass is 559 g/mol. The van der Waals surface area contributed by atoms with Crippen molar-refractivity contribution >= 4 is 63.0 Å². The molecule has 2 aliphatic heterocycles. The van der Waals surface area contributed by atoms with Crippen LogP contribution in [0.3, 0.4) is 0 Å². The fourth-order valence-electron chi connectivity index (χ4n) is 4.64. The minimum absolute atomic E-state index is 0.250. The third kappa shape index (κ3) is 4.88. The van der Waals surface area contributed by atoms with Crippen LogP contribution in [0, 0.1) is 0 Å². The lowest BCUT2D eigenvalue weighted by atomic mass is 10.1. The predicted molar refractivity (Wildman–Crippen MR) is 156 cm³/mol. The Morgan fingerprint density at radius 3 is 2.41 bits per heavy atom. The minimum atomic E-state index is -0.430. The normalized spacial score (nSPS) is 17.4. The van der Waals surface area contributed by atoms with E-state index >= 15 is 0 Å². The van der Waals surface area contributed by atoms with Gasteiger partial charge in [-0.05, 0) is 30.7 Å². The van der Waals surface area contributed by atoms with Crippen molar-refractivity contribution in [2.24, 2.45) is 0 Å². The number of nitrogens with zero attached hydrogens (tertiary/aromatic N) is 2. The van der Waals surface area contributed by atoms with Gasteiger partial charge in [-0.2, -0.15) is 0 Å². The SMILES string of the molecule is COc1ccc(NC(=O)CN2C(=O)/C(=C3\SC(=S)N([C@H](C)c4ccccc4)C3=O)c3ccccc32)c(OC)c1. The van der Waals surface area contributed by atoms with Crippen molar-refractivity contribution in [1.82, 2.24) is 4.90 Å². The number of hydrogen-bond acceptors (Lipinski definition) is 7. The van der Waals surface area contributed by atoms with Gasteiger partial charge in [0.2, 0.25) is 5.91 Å². The molecule has 1 N–H and O–H groups in total. The second-order valence-corrected chi connectivity index (χ2v) is 10.5. The lowest BCUT2D eigenvalue weighted by Crippen LogP contribution is -2.36. The Morgan fingerprint density at radius 2 is 1.69 bits per heavy atom. The molecule has 1 atom stereocenters. The molecule has 0 saturated carbocycles. The number of carbonyl (C=O) groups is 3. The molecule has 0 aromatic heterocycles. The van der Waals surface area contributed by atoms with E-state index in [2.05, 4.69) is 5.32 Å². The molecule has 0 unspecified atom stereocenters. The maximum atomic E-state index is 13.8. The minimum Gasteiger partial charge on any atom is -0.497 e. The van der Waals surface area contributed by atoms with Gasteiger partial charge in [-0.15, -0.1) is 0 Å². The molecule has 198 valence electrons. The number of hydrogen-bond donors (Lipinski definition) is 1. The summed E-state index contributed by atoms with van der Waals surface area (Å²) in [5.41, 5.74) is 2.77. The van der Waals surface area contributed by atoms with E-state index in [0.717, 1.165) is 17.3 Å². The number of benzene rings is 3. The predicted octanol–water partition coefficient (Wildman–Crippen LogP) is 5.02. The topological polar surface area (TPSA) is 88.2 Å². The molecule has 0 aliphatic carbocycles. The van der Waals surface area contributed by atoms with Crippen LogP contribution in [0.4, 0.5) is 11.4 Å². The van der Waals surface area contributed by atoms with E-state index in [4.69, 9.17) is 21.7 Å². The van der Waals surface area contributed by atoms with Gasteiger partial charge in [0.15, 0.2) is 0 Å². The van der Waals surface area contributed by atoms with Crippen LogP contribution in [0.15, 0.2) is 77.7 Å². The summed E-state index contributed by atoms with van der Waals surface area (Å²) >= 11 is 6.69. The Labute approximate surface area is 235 Å². The number of carbonyl (C=O) groups excluding carboxylic acids is 3. The zero-order valence-electron chi connectivity index (χ0n) is 21.5. The van der Waals surface area contributed by atoms with E-state index in [1.54, 1.807) is 47.4 Å². The standard InChI is InChI=1S/C29H25N3O5S2/c1-17(18-9-5-4-6-10-18)32-28(35)26(39-29(32)38)25-20-11-7-8-12-22(20)31(27(25)34)16-24(33)30-21-14-13-19(36-2)15-23(21)37-3/h4-15,17H,16H2,1-3H3,(H,30,33)/b26-25-/t17-/m1/s1. The van der Waals surface area contributed by atoms with Gasteiger partial charge in [-0.3, -0.25) is 24.2 Å². The van der Waals surface area contributed by atoms with Gasteiger partial charge >= 0.3 is 0 Å². The fourth-order valence-corrected chi connectivity index (χ4v) is 6.13. The summed E-state index contributed by atoms with van der Waals surface area (Å²) < 4.78 is 11.0. The number of ether oxygens (including phenoxy) is 2. The van der Waals surface area contributed by atoms with Crippen LogP contribution in [0.2, 0.25) is 0 Å². The first-order chi connectivity index (χ1) is 18.8. The molecule has 1 saturated heterocycles. The number of para-hydroxylation sites is 1. The quantitative estimate of drug-likeness (QED) is 0.321. The van der Waals surface area contributed by atoms with E-state index in [0.29, 0.717) is 32.8 Å². The van der Waals surface area contributed by atoms with Gasteiger partial charge in [0, 0.05) is 11.6 Å². The summed E-state index contributed by atoms with van der Waals surface area (Å²) in [5, 5.41) is 2.80. The summed E-state index contributed by atoms with van der Waals surface area (Å²) in [5.74, 6) is -0.174. The summed E-state index contributed by atoms with van der Waals surface area (Å²) in [6, 6.07) is 21.4. The highest BCUT2D eigenvalue weighted by Gasteiger charge is 2.43. The van der Waals surface area contributed by atoms with E-state index in [9.17, 15) is 14.4 Å². The Bertz CT molecular complexity index is 1520. The lowest BCUT2D eigenvalue weighted by molar-refractivity contribution is -0.123. The van der Waals surface area contributed by atoms with E-state index in [1.165, 1.54) is 19.1 Å². The summed E-state index contributed by atoms with van der Waals surface area (Å²) in [6.45, 7) is 1.65. The van der Waals surface area contributed by atoms with Crippen LogP contribution < -0.4 is 19.7 Å². The van der Waals surface area contributed by atoms with Gasteiger partial charge < -0.3 is 14.8 Å². The molecular weight excluding hydrogens is 534 g/mol. The summed E-state index contributed by atoms with van der Waals surface area (Å²) in [7, 11) is 3.03. The molecule has 5 rings (SSSR count). The van der Waals surface area contributed by atoms with Crippen molar-refractivity contribution in [2.75, 3.05) is 31.0 Å².